The standard InChI is InChI=1S/C19H27NO4/c1-13(17(21)22)15-7-5-6-8-16(15)14-9-11-20(12-10-14)18(23)24-19(2,3)4/h5-8,13-14H,9-12H2,1-4H3,(H,21,22). The Morgan fingerprint density at radius 1 is 1.21 bits per heavy atom. The Morgan fingerprint density at radius 2 is 1.79 bits per heavy atom. The number of hydrogen-bond acceptors (Lipinski definition) is 3. The van der Waals surface area contributed by atoms with Crippen LogP contribution in [-0.4, -0.2) is 40.8 Å². The number of benzene rings is 1. The van der Waals surface area contributed by atoms with E-state index in [1.54, 1.807) is 11.8 Å². The maximum absolute atomic E-state index is 12.1. The predicted octanol–water partition coefficient (Wildman–Crippen LogP) is 3.99. The highest BCUT2D eigenvalue weighted by molar-refractivity contribution is 5.76. The van der Waals surface area contributed by atoms with Gasteiger partial charge in [-0.25, -0.2) is 4.79 Å². The molecular formula is C19H27NO4. The van der Waals surface area contributed by atoms with E-state index in [4.69, 9.17) is 4.74 Å². The number of carboxylic acids is 1. The van der Waals surface area contributed by atoms with Crippen molar-refractivity contribution in [1.29, 1.82) is 0 Å². The number of piperidine rings is 1. The lowest BCUT2D eigenvalue weighted by Crippen LogP contribution is -2.41. The second kappa shape index (κ2) is 7.24. The van der Waals surface area contributed by atoms with E-state index in [0.717, 1.165) is 24.0 Å². The molecule has 0 radical (unpaired) electrons. The molecule has 1 N–H and O–H groups in total. The molecule has 1 amide bonds. The van der Waals surface area contributed by atoms with E-state index in [1.165, 1.54) is 0 Å². The van der Waals surface area contributed by atoms with Crippen LogP contribution in [0.4, 0.5) is 4.79 Å². The van der Waals surface area contributed by atoms with Gasteiger partial charge < -0.3 is 14.7 Å². The van der Waals surface area contributed by atoms with Gasteiger partial charge in [0.25, 0.3) is 0 Å². The monoisotopic (exact) mass is 333 g/mol. The zero-order valence-corrected chi connectivity index (χ0v) is 14.9. The number of rotatable bonds is 3. The first-order valence-corrected chi connectivity index (χ1v) is 8.48. The van der Waals surface area contributed by atoms with Gasteiger partial charge in [0.2, 0.25) is 0 Å². The predicted molar refractivity (Wildman–Crippen MR) is 92.3 cm³/mol. The van der Waals surface area contributed by atoms with Crippen molar-refractivity contribution in [2.45, 2.75) is 58.0 Å². The number of ether oxygens (including phenoxy) is 1. The van der Waals surface area contributed by atoms with Gasteiger partial charge in [0.1, 0.15) is 5.60 Å². The van der Waals surface area contributed by atoms with E-state index in [9.17, 15) is 14.7 Å². The van der Waals surface area contributed by atoms with Crippen molar-refractivity contribution in [3.05, 3.63) is 35.4 Å². The largest absolute Gasteiger partial charge is 0.481 e. The van der Waals surface area contributed by atoms with Crippen LogP contribution in [-0.2, 0) is 9.53 Å². The Morgan fingerprint density at radius 3 is 2.33 bits per heavy atom. The molecule has 1 atom stereocenters. The zero-order valence-electron chi connectivity index (χ0n) is 14.9. The maximum Gasteiger partial charge on any atom is 0.410 e. The van der Waals surface area contributed by atoms with Gasteiger partial charge in [0.05, 0.1) is 5.92 Å². The molecule has 1 aliphatic heterocycles. The molecule has 1 aromatic carbocycles. The van der Waals surface area contributed by atoms with Gasteiger partial charge in [0.15, 0.2) is 0 Å². The topological polar surface area (TPSA) is 66.8 Å². The lowest BCUT2D eigenvalue weighted by atomic mass is 9.83. The number of carbonyl (C=O) groups is 2. The molecule has 1 aliphatic rings. The number of amides is 1. The maximum atomic E-state index is 12.1. The fourth-order valence-corrected chi connectivity index (χ4v) is 3.11. The lowest BCUT2D eigenvalue weighted by molar-refractivity contribution is -0.138. The van der Waals surface area contributed by atoms with Gasteiger partial charge in [-0.15, -0.1) is 0 Å². The first kappa shape index (κ1) is 18.3. The molecule has 0 bridgehead atoms. The third-order valence-electron chi connectivity index (χ3n) is 4.42. The molecule has 5 heteroatoms. The summed E-state index contributed by atoms with van der Waals surface area (Å²) in [6, 6.07) is 7.75. The smallest absolute Gasteiger partial charge is 0.410 e. The number of nitrogens with zero attached hydrogens (tertiary/aromatic N) is 1. The van der Waals surface area contributed by atoms with Crippen LogP contribution < -0.4 is 0 Å². The Balaban J connectivity index is 2.05. The molecular weight excluding hydrogens is 306 g/mol. The van der Waals surface area contributed by atoms with Crippen LogP contribution in [0.5, 0.6) is 0 Å². The third-order valence-corrected chi connectivity index (χ3v) is 4.42. The summed E-state index contributed by atoms with van der Waals surface area (Å²) >= 11 is 0. The van der Waals surface area contributed by atoms with Crippen molar-refractivity contribution >= 4 is 12.1 Å². The molecule has 0 aromatic heterocycles. The zero-order chi connectivity index (χ0) is 17.9. The average Bonchev–Trinajstić information content (AvgIpc) is 2.52. The molecule has 5 nitrogen and oxygen atoms in total. The molecule has 1 unspecified atom stereocenters. The van der Waals surface area contributed by atoms with Crippen molar-refractivity contribution in [1.82, 2.24) is 4.90 Å². The minimum Gasteiger partial charge on any atom is -0.481 e. The molecule has 0 saturated carbocycles. The molecule has 1 fully saturated rings. The summed E-state index contributed by atoms with van der Waals surface area (Å²) in [5.41, 5.74) is 1.48. The first-order chi connectivity index (χ1) is 11.2. The minimum atomic E-state index is -0.811. The Hall–Kier alpha value is -2.04. The minimum absolute atomic E-state index is 0.270. The summed E-state index contributed by atoms with van der Waals surface area (Å²) < 4.78 is 5.42. The van der Waals surface area contributed by atoms with Gasteiger partial charge >= 0.3 is 12.1 Å². The first-order valence-electron chi connectivity index (χ1n) is 8.48. The molecule has 1 aromatic rings. The van der Waals surface area contributed by atoms with Crippen LogP contribution in [0.2, 0.25) is 0 Å². The fourth-order valence-electron chi connectivity index (χ4n) is 3.11. The van der Waals surface area contributed by atoms with Gasteiger partial charge in [-0.05, 0) is 57.6 Å². The van der Waals surface area contributed by atoms with Crippen LogP contribution >= 0.6 is 0 Å². The summed E-state index contributed by atoms with van der Waals surface area (Å²) in [5.74, 6) is -1.06. The Bertz CT molecular complexity index is 598. The summed E-state index contributed by atoms with van der Waals surface area (Å²) in [6.45, 7) is 8.57. The van der Waals surface area contributed by atoms with E-state index in [0.29, 0.717) is 13.1 Å². The van der Waals surface area contributed by atoms with Crippen LogP contribution in [0.25, 0.3) is 0 Å². The number of carbonyl (C=O) groups excluding carboxylic acids is 1. The second-order valence-electron chi connectivity index (χ2n) is 7.43. The van der Waals surface area contributed by atoms with Gasteiger partial charge in [-0.3, -0.25) is 4.79 Å². The Labute approximate surface area is 143 Å². The van der Waals surface area contributed by atoms with E-state index < -0.39 is 17.5 Å². The van der Waals surface area contributed by atoms with Crippen molar-refractivity contribution < 1.29 is 19.4 Å². The highest BCUT2D eigenvalue weighted by Gasteiger charge is 2.29. The molecule has 2 rings (SSSR count). The number of likely N-dealkylation sites (tertiary alicyclic amines) is 1. The van der Waals surface area contributed by atoms with Gasteiger partial charge in [0, 0.05) is 13.1 Å². The van der Waals surface area contributed by atoms with Crippen LogP contribution in [0, 0.1) is 0 Å². The highest BCUT2D eigenvalue weighted by atomic mass is 16.6. The van der Waals surface area contributed by atoms with E-state index in [1.807, 2.05) is 45.0 Å². The highest BCUT2D eigenvalue weighted by Crippen LogP contribution is 2.34. The van der Waals surface area contributed by atoms with Gasteiger partial charge in [-0.1, -0.05) is 24.3 Å². The molecule has 1 saturated heterocycles. The molecule has 132 valence electrons. The van der Waals surface area contributed by atoms with Crippen molar-refractivity contribution in [3.63, 3.8) is 0 Å². The number of carboxylic acid groups (broad SMARTS) is 1. The molecule has 0 aliphatic carbocycles. The lowest BCUT2D eigenvalue weighted by Gasteiger charge is -2.34. The summed E-state index contributed by atoms with van der Waals surface area (Å²) in [4.78, 5) is 25.2. The van der Waals surface area contributed by atoms with Crippen molar-refractivity contribution in [2.24, 2.45) is 0 Å². The number of hydrogen-bond donors (Lipinski definition) is 1. The van der Waals surface area contributed by atoms with E-state index >= 15 is 0 Å². The van der Waals surface area contributed by atoms with Crippen molar-refractivity contribution in [3.8, 4) is 0 Å². The van der Waals surface area contributed by atoms with Crippen LogP contribution in [0.1, 0.15) is 63.5 Å². The van der Waals surface area contributed by atoms with Crippen LogP contribution in [0.3, 0.4) is 0 Å². The Kier molecular flexibility index (Phi) is 5.52. The quantitative estimate of drug-likeness (QED) is 0.908. The number of aliphatic carboxylic acids is 1. The van der Waals surface area contributed by atoms with Gasteiger partial charge in [-0.2, -0.15) is 0 Å². The third kappa shape index (κ3) is 4.49. The SMILES string of the molecule is CC(C(=O)O)c1ccccc1C1CCN(C(=O)OC(C)(C)C)CC1. The average molecular weight is 333 g/mol. The van der Waals surface area contributed by atoms with Crippen molar-refractivity contribution in [2.75, 3.05) is 13.1 Å². The molecule has 1 heterocycles. The summed E-state index contributed by atoms with van der Waals surface area (Å²) in [6.07, 6.45) is 1.37. The summed E-state index contributed by atoms with van der Waals surface area (Å²) in [7, 11) is 0. The normalized spacial score (nSPS) is 17.4. The van der Waals surface area contributed by atoms with E-state index in [2.05, 4.69) is 0 Å². The summed E-state index contributed by atoms with van der Waals surface area (Å²) in [5, 5.41) is 9.31. The van der Waals surface area contributed by atoms with Crippen LogP contribution in [0.15, 0.2) is 24.3 Å². The fraction of sp³-hybridized carbons (Fsp3) is 0.579. The molecule has 0 spiro atoms. The van der Waals surface area contributed by atoms with E-state index in [-0.39, 0.29) is 12.0 Å². The molecule has 24 heavy (non-hydrogen) atoms. The second-order valence-corrected chi connectivity index (χ2v) is 7.43.